The van der Waals surface area contributed by atoms with E-state index in [1.165, 1.54) is 0 Å². The van der Waals surface area contributed by atoms with Gasteiger partial charge in [-0.25, -0.2) is 8.78 Å². The summed E-state index contributed by atoms with van der Waals surface area (Å²) >= 11 is 5.59. The van der Waals surface area contributed by atoms with Gasteiger partial charge in [-0.15, -0.1) is 11.6 Å². The fourth-order valence-corrected chi connectivity index (χ4v) is 1.74. The van der Waals surface area contributed by atoms with Crippen LogP contribution in [0.4, 0.5) is 8.78 Å². The molecule has 1 N–H and O–H groups in total. The molecule has 0 saturated heterocycles. The van der Waals surface area contributed by atoms with Crippen molar-refractivity contribution in [2.45, 2.75) is 25.7 Å². The molecule has 72 valence electrons. The predicted octanol–water partition coefficient (Wildman–Crippen LogP) is 2.25. The average molecular weight is 198 g/mol. The molecule has 0 aromatic carbocycles. The fraction of sp³-hybridized carbons (Fsp3) is 1.00. The molecule has 1 saturated carbocycles. The van der Waals surface area contributed by atoms with Gasteiger partial charge in [-0.05, 0) is 24.7 Å². The Morgan fingerprint density at radius 3 is 2.50 bits per heavy atom. The van der Waals surface area contributed by atoms with Gasteiger partial charge >= 0.3 is 0 Å². The molecular formula is C8H14ClF2N. The van der Waals surface area contributed by atoms with Crippen LogP contribution < -0.4 is 5.32 Å². The standard InChI is InChI=1S/C8H14ClF2N/c9-4-3-8(1-2-8)6-12-5-7(10)11/h7,12H,1-6H2. The number of nitrogens with one attached hydrogen (secondary N) is 1. The van der Waals surface area contributed by atoms with Crippen LogP contribution in [0.2, 0.25) is 0 Å². The second kappa shape index (κ2) is 4.38. The van der Waals surface area contributed by atoms with Gasteiger partial charge in [0.15, 0.2) is 0 Å². The van der Waals surface area contributed by atoms with E-state index in [-0.39, 0.29) is 12.0 Å². The van der Waals surface area contributed by atoms with Crippen LogP contribution in [0.3, 0.4) is 0 Å². The lowest BCUT2D eigenvalue weighted by Gasteiger charge is -2.13. The van der Waals surface area contributed by atoms with Gasteiger partial charge in [-0.2, -0.15) is 0 Å². The van der Waals surface area contributed by atoms with Crippen LogP contribution in [0.15, 0.2) is 0 Å². The smallest absolute Gasteiger partial charge is 0.250 e. The zero-order valence-electron chi connectivity index (χ0n) is 6.95. The fourth-order valence-electron chi connectivity index (χ4n) is 1.34. The van der Waals surface area contributed by atoms with Crippen LogP contribution in [0.25, 0.3) is 0 Å². The van der Waals surface area contributed by atoms with Crippen molar-refractivity contribution in [1.82, 2.24) is 5.32 Å². The van der Waals surface area contributed by atoms with E-state index in [9.17, 15) is 8.78 Å². The second-order valence-electron chi connectivity index (χ2n) is 3.46. The molecule has 0 radical (unpaired) electrons. The number of alkyl halides is 3. The zero-order valence-corrected chi connectivity index (χ0v) is 7.71. The van der Waals surface area contributed by atoms with Gasteiger partial charge in [0.2, 0.25) is 0 Å². The summed E-state index contributed by atoms with van der Waals surface area (Å²) in [6.07, 6.45) is 0.980. The van der Waals surface area contributed by atoms with E-state index in [1.54, 1.807) is 0 Å². The predicted molar refractivity (Wildman–Crippen MR) is 45.9 cm³/mol. The summed E-state index contributed by atoms with van der Waals surface area (Å²) < 4.78 is 23.5. The summed E-state index contributed by atoms with van der Waals surface area (Å²) in [5, 5.41) is 2.76. The monoisotopic (exact) mass is 197 g/mol. The minimum absolute atomic E-state index is 0.190. The van der Waals surface area contributed by atoms with Gasteiger partial charge in [-0.3, -0.25) is 0 Å². The lowest BCUT2D eigenvalue weighted by molar-refractivity contribution is 0.143. The SMILES string of the molecule is FC(F)CNCC1(CCCl)CC1. The highest BCUT2D eigenvalue weighted by molar-refractivity contribution is 6.17. The van der Waals surface area contributed by atoms with Gasteiger partial charge in [0.05, 0.1) is 6.54 Å². The van der Waals surface area contributed by atoms with Crippen molar-refractivity contribution < 1.29 is 8.78 Å². The number of rotatable bonds is 6. The Morgan fingerprint density at radius 2 is 2.08 bits per heavy atom. The maximum Gasteiger partial charge on any atom is 0.250 e. The van der Waals surface area contributed by atoms with Crippen LogP contribution in [0.5, 0.6) is 0 Å². The number of hydrogen-bond donors (Lipinski definition) is 1. The van der Waals surface area contributed by atoms with E-state index in [2.05, 4.69) is 5.32 Å². The van der Waals surface area contributed by atoms with Gasteiger partial charge in [0.25, 0.3) is 6.43 Å². The van der Waals surface area contributed by atoms with Crippen molar-refractivity contribution in [3.05, 3.63) is 0 Å². The highest BCUT2D eigenvalue weighted by Crippen LogP contribution is 2.48. The molecule has 1 fully saturated rings. The summed E-state index contributed by atoms with van der Waals surface area (Å²) in [4.78, 5) is 0. The molecule has 0 amide bonds. The molecule has 1 aliphatic carbocycles. The summed E-state index contributed by atoms with van der Waals surface area (Å²) in [5.74, 6) is 0.635. The van der Waals surface area contributed by atoms with Crippen LogP contribution in [0, 0.1) is 5.41 Å². The molecule has 12 heavy (non-hydrogen) atoms. The van der Waals surface area contributed by atoms with Crippen molar-refractivity contribution in [2.24, 2.45) is 5.41 Å². The molecule has 0 aromatic heterocycles. The Bertz CT molecular complexity index is 137. The molecule has 1 nitrogen and oxygen atoms in total. The highest BCUT2D eigenvalue weighted by atomic mass is 35.5. The van der Waals surface area contributed by atoms with Crippen molar-refractivity contribution in [3.63, 3.8) is 0 Å². The van der Waals surface area contributed by atoms with Crippen molar-refractivity contribution in [2.75, 3.05) is 19.0 Å². The zero-order chi connectivity index (χ0) is 9.03. The highest BCUT2D eigenvalue weighted by Gasteiger charge is 2.41. The third-order valence-corrected chi connectivity index (χ3v) is 2.57. The van der Waals surface area contributed by atoms with Crippen LogP contribution >= 0.6 is 11.6 Å². The summed E-state index contributed by atoms with van der Waals surface area (Å²) in [5.41, 5.74) is 0.261. The first-order chi connectivity index (χ1) is 5.68. The molecule has 1 rings (SSSR count). The van der Waals surface area contributed by atoms with E-state index < -0.39 is 6.43 Å². The molecule has 4 heteroatoms. The summed E-state index contributed by atoms with van der Waals surface area (Å²) in [6.45, 7) is 0.508. The third kappa shape index (κ3) is 3.23. The number of hydrogen-bond acceptors (Lipinski definition) is 1. The van der Waals surface area contributed by atoms with Gasteiger partial charge in [0.1, 0.15) is 0 Å². The van der Waals surface area contributed by atoms with Crippen molar-refractivity contribution in [1.29, 1.82) is 0 Å². The summed E-state index contributed by atoms with van der Waals surface area (Å²) in [6, 6.07) is 0. The van der Waals surface area contributed by atoms with Crippen LogP contribution in [-0.4, -0.2) is 25.4 Å². The summed E-state index contributed by atoms with van der Waals surface area (Å²) in [7, 11) is 0. The molecule has 0 aliphatic heterocycles. The Morgan fingerprint density at radius 1 is 1.42 bits per heavy atom. The molecular weight excluding hydrogens is 184 g/mol. The Hall–Kier alpha value is 0.110. The minimum Gasteiger partial charge on any atom is -0.311 e. The van der Waals surface area contributed by atoms with Crippen LogP contribution in [0.1, 0.15) is 19.3 Å². The molecule has 0 unspecified atom stereocenters. The van der Waals surface area contributed by atoms with E-state index in [1.807, 2.05) is 0 Å². The Balaban J connectivity index is 2.06. The van der Waals surface area contributed by atoms with Crippen LogP contribution in [-0.2, 0) is 0 Å². The molecule has 0 atom stereocenters. The van der Waals surface area contributed by atoms with Gasteiger partial charge in [0, 0.05) is 12.4 Å². The molecule has 0 aromatic rings. The van der Waals surface area contributed by atoms with Crippen molar-refractivity contribution in [3.8, 4) is 0 Å². The normalized spacial score (nSPS) is 20.0. The quantitative estimate of drug-likeness (QED) is 0.644. The van der Waals surface area contributed by atoms with E-state index in [0.717, 1.165) is 19.3 Å². The van der Waals surface area contributed by atoms with Crippen molar-refractivity contribution >= 4 is 11.6 Å². The number of halogens is 3. The lowest BCUT2D eigenvalue weighted by atomic mass is 10.0. The Kier molecular flexibility index (Phi) is 3.72. The lowest BCUT2D eigenvalue weighted by Crippen LogP contribution is -2.28. The largest absolute Gasteiger partial charge is 0.311 e. The topological polar surface area (TPSA) is 12.0 Å². The molecule has 0 heterocycles. The maximum atomic E-state index is 11.7. The van der Waals surface area contributed by atoms with E-state index >= 15 is 0 Å². The first-order valence-electron chi connectivity index (χ1n) is 4.23. The third-order valence-electron chi connectivity index (χ3n) is 2.38. The first-order valence-corrected chi connectivity index (χ1v) is 4.77. The van der Waals surface area contributed by atoms with E-state index in [4.69, 9.17) is 11.6 Å². The molecule has 0 spiro atoms. The molecule has 0 bridgehead atoms. The second-order valence-corrected chi connectivity index (χ2v) is 3.84. The maximum absolute atomic E-state index is 11.7. The molecule has 1 aliphatic rings. The van der Waals surface area contributed by atoms with Gasteiger partial charge in [-0.1, -0.05) is 0 Å². The Labute approximate surface area is 76.5 Å². The van der Waals surface area contributed by atoms with E-state index in [0.29, 0.717) is 12.4 Å². The average Bonchev–Trinajstić information content (AvgIpc) is 2.69. The first kappa shape index (κ1) is 10.2. The van der Waals surface area contributed by atoms with Gasteiger partial charge < -0.3 is 5.32 Å². The minimum atomic E-state index is -2.24.